The Kier molecular flexibility index (Phi) is 4.09. The molecule has 0 spiro atoms. The monoisotopic (exact) mass is 232 g/mol. The topological polar surface area (TPSA) is 41.1 Å². The van der Waals surface area contributed by atoms with Crippen LogP contribution in [0.1, 0.15) is 25.8 Å². The molecule has 0 aliphatic carbocycles. The highest BCUT2D eigenvalue weighted by atomic mass is 15.2. The van der Waals surface area contributed by atoms with Crippen LogP contribution in [0.15, 0.2) is 24.7 Å². The molecule has 92 valence electrons. The third-order valence-corrected chi connectivity index (χ3v) is 2.82. The van der Waals surface area contributed by atoms with E-state index in [1.165, 1.54) is 5.56 Å². The molecule has 1 N–H and O–H groups in total. The van der Waals surface area contributed by atoms with Crippen LogP contribution in [0, 0.1) is 0 Å². The molecule has 0 radical (unpaired) electrons. The van der Waals surface area contributed by atoms with Crippen molar-refractivity contribution >= 4 is 5.82 Å². The molecule has 1 aromatic rings. The number of nitrogens with zero attached hydrogens (tertiary/aromatic N) is 3. The van der Waals surface area contributed by atoms with E-state index in [-0.39, 0.29) is 0 Å². The maximum Gasteiger partial charge on any atom is 0.136 e. The summed E-state index contributed by atoms with van der Waals surface area (Å²) in [7, 11) is 0. The van der Waals surface area contributed by atoms with E-state index in [2.05, 4.69) is 46.2 Å². The molecule has 0 amide bonds. The first-order chi connectivity index (χ1) is 8.27. The first-order valence-electron chi connectivity index (χ1n) is 6.19. The minimum absolute atomic E-state index is 0.476. The van der Waals surface area contributed by atoms with Crippen LogP contribution in [0.25, 0.3) is 0 Å². The Morgan fingerprint density at radius 2 is 2.29 bits per heavy atom. The highest BCUT2D eigenvalue weighted by Gasteiger charge is 2.13. The molecule has 0 saturated heterocycles. The van der Waals surface area contributed by atoms with Crippen molar-refractivity contribution in [2.24, 2.45) is 0 Å². The maximum absolute atomic E-state index is 4.42. The van der Waals surface area contributed by atoms with Gasteiger partial charge in [0, 0.05) is 37.4 Å². The molecule has 1 aromatic heterocycles. The summed E-state index contributed by atoms with van der Waals surface area (Å²) in [6, 6.07) is 0.476. The minimum Gasteiger partial charge on any atom is -0.352 e. The molecule has 0 atom stereocenters. The van der Waals surface area contributed by atoms with E-state index in [0.29, 0.717) is 6.04 Å². The van der Waals surface area contributed by atoms with Gasteiger partial charge in [0.15, 0.2) is 0 Å². The van der Waals surface area contributed by atoms with Gasteiger partial charge in [-0.25, -0.2) is 9.97 Å². The van der Waals surface area contributed by atoms with Gasteiger partial charge in [0.1, 0.15) is 12.1 Å². The van der Waals surface area contributed by atoms with Crippen LogP contribution in [0.3, 0.4) is 0 Å². The summed E-state index contributed by atoms with van der Waals surface area (Å²) in [6.07, 6.45) is 9.07. The highest BCUT2D eigenvalue weighted by Crippen LogP contribution is 2.18. The van der Waals surface area contributed by atoms with Crippen LogP contribution >= 0.6 is 0 Å². The summed E-state index contributed by atoms with van der Waals surface area (Å²) < 4.78 is 0. The van der Waals surface area contributed by atoms with Crippen molar-refractivity contribution < 1.29 is 0 Å². The molecule has 0 aromatic carbocycles. The lowest BCUT2D eigenvalue weighted by Gasteiger charge is -2.26. The molecular formula is C13H20N4. The Bertz CT molecular complexity index is 387. The zero-order chi connectivity index (χ0) is 12.1. The van der Waals surface area contributed by atoms with Crippen LogP contribution in [-0.2, 0) is 6.54 Å². The number of hydrogen-bond acceptors (Lipinski definition) is 4. The average Bonchev–Trinajstić information content (AvgIpc) is 2.38. The van der Waals surface area contributed by atoms with Crippen molar-refractivity contribution in [2.75, 3.05) is 18.0 Å². The van der Waals surface area contributed by atoms with E-state index in [9.17, 15) is 0 Å². The van der Waals surface area contributed by atoms with Gasteiger partial charge in [0.05, 0.1) is 0 Å². The van der Waals surface area contributed by atoms with Gasteiger partial charge in [0.25, 0.3) is 0 Å². The molecule has 2 heterocycles. The second-order valence-electron chi connectivity index (χ2n) is 4.61. The van der Waals surface area contributed by atoms with Crippen molar-refractivity contribution in [3.63, 3.8) is 0 Å². The Labute approximate surface area is 103 Å². The molecule has 0 bridgehead atoms. The van der Waals surface area contributed by atoms with Crippen LogP contribution in [0.4, 0.5) is 5.82 Å². The second kappa shape index (κ2) is 5.77. The smallest absolute Gasteiger partial charge is 0.136 e. The molecule has 0 saturated carbocycles. The van der Waals surface area contributed by atoms with Gasteiger partial charge in [-0.2, -0.15) is 0 Å². The lowest BCUT2D eigenvalue weighted by molar-refractivity contribution is 0.585. The molecule has 4 nitrogen and oxygen atoms in total. The Hall–Kier alpha value is -1.42. The van der Waals surface area contributed by atoms with E-state index >= 15 is 0 Å². The zero-order valence-electron chi connectivity index (χ0n) is 10.6. The minimum atomic E-state index is 0.476. The fourth-order valence-corrected chi connectivity index (χ4v) is 1.91. The first kappa shape index (κ1) is 12.0. The van der Waals surface area contributed by atoms with Gasteiger partial charge in [-0.3, -0.25) is 0 Å². The van der Waals surface area contributed by atoms with E-state index in [1.807, 2.05) is 6.20 Å². The fourth-order valence-electron chi connectivity index (χ4n) is 1.91. The van der Waals surface area contributed by atoms with E-state index in [1.54, 1.807) is 6.33 Å². The third-order valence-electron chi connectivity index (χ3n) is 2.82. The molecule has 0 unspecified atom stereocenters. The second-order valence-corrected chi connectivity index (χ2v) is 4.61. The van der Waals surface area contributed by atoms with Crippen molar-refractivity contribution in [1.82, 2.24) is 15.3 Å². The van der Waals surface area contributed by atoms with Crippen molar-refractivity contribution in [2.45, 2.75) is 32.9 Å². The van der Waals surface area contributed by atoms with Crippen LogP contribution in [0.2, 0.25) is 0 Å². The zero-order valence-corrected chi connectivity index (χ0v) is 10.6. The molecule has 1 aliphatic heterocycles. The quantitative estimate of drug-likeness (QED) is 0.803. The molecule has 4 heteroatoms. The van der Waals surface area contributed by atoms with Crippen molar-refractivity contribution in [3.8, 4) is 0 Å². The van der Waals surface area contributed by atoms with Crippen LogP contribution < -0.4 is 10.2 Å². The van der Waals surface area contributed by atoms with Crippen molar-refractivity contribution in [1.29, 1.82) is 0 Å². The predicted octanol–water partition coefficient (Wildman–Crippen LogP) is 1.74. The molecular weight excluding hydrogens is 212 g/mol. The molecule has 2 rings (SSSR count). The maximum atomic E-state index is 4.42. The van der Waals surface area contributed by atoms with Gasteiger partial charge in [-0.1, -0.05) is 26.0 Å². The summed E-state index contributed by atoms with van der Waals surface area (Å²) in [6.45, 7) is 7.11. The van der Waals surface area contributed by atoms with Crippen LogP contribution in [0.5, 0.6) is 0 Å². The SMILES string of the molecule is CC(C)NCc1cncnc1N1CC=CCC1. The summed E-state index contributed by atoms with van der Waals surface area (Å²) in [4.78, 5) is 10.8. The van der Waals surface area contributed by atoms with Gasteiger partial charge in [0.2, 0.25) is 0 Å². The number of rotatable bonds is 4. The van der Waals surface area contributed by atoms with Gasteiger partial charge < -0.3 is 10.2 Å². The standard InChI is InChI=1S/C13H20N4/c1-11(2)15-9-12-8-14-10-16-13(12)17-6-4-3-5-7-17/h3-4,8,10-11,15H,5-7,9H2,1-2H3. The summed E-state index contributed by atoms with van der Waals surface area (Å²) in [5, 5.41) is 3.42. The summed E-state index contributed by atoms with van der Waals surface area (Å²) in [5.74, 6) is 1.07. The Morgan fingerprint density at radius 1 is 1.41 bits per heavy atom. The normalized spacial score (nSPS) is 15.6. The lowest BCUT2D eigenvalue weighted by Crippen LogP contribution is -2.30. The Morgan fingerprint density at radius 3 is 3.00 bits per heavy atom. The van der Waals surface area contributed by atoms with Crippen LogP contribution in [-0.4, -0.2) is 29.1 Å². The predicted molar refractivity (Wildman–Crippen MR) is 70.0 cm³/mol. The summed E-state index contributed by atoms with van der Waals surface area (Å²) in [5.41, 5.74) is 1.18. The number of anilines is 1. The molecule has 1 aliphatic rings. The van der Waals surface area contributed by atoms with E-state index in [0.717, 1.165) is 31.9 Å². The van der Waals surface area contributed by atoms with E-state index in [4.69, 9.17) is 0 Å². The summed E-state index contributed by atoms with van der Waals surface area (Å²) >= 11 is 0. The van der Waals surface area contributed by atoms with Gasteiger partial charge >= 0.3 is 0 Å². The van der Waals surface area contributed by atoms with Crippen molar-refractivity contribution in [3.05, 3.63) is 30.2 Å². The van der Waals surface area contributed by atoms with Gasteiger partial charge in [-0.15, -0.1) is 0 Å². The number of aromatic nitrogens is 2. The van der Waals surface area contributed by atoms with E-state index < -0.39 is 0 Å². The third kappa shape index (κ3) is 3.27. The highest BCUT2D eigenvalue weighted by molar-refractivity contribution is 5.46. The lowest BCUT2D eigenvalue weighted by atomic mass is 10.2. The Balaban J connectivity index is 2.12. The fraction of sp³-hybridized carbons (Fsp3) is 0.538. The molecule has 17 heavy (non-hydrogen) atoms. The average molecular weight is 232 g/mol. The van der Waals surface area contributed by atoms with Gasteiger partial charge in [-0.05, 0) is 6.42 Å². The number of nitrogens with one attached hydrogen (secondary N) is 1. The first-order valence-corrected chi connectivity index (χ1v) is 6.19. The largest absolute Gasteiger partial charge is 0.352 e. The number of hydrogen-bond donors (Lipinski definition) is 1. The molecule has 0 fully saturated rings.